The van der Waals surface area contributed by atoms with Gasteiger partial charge in [-0.25, -0.2) is 0 Å². The summed E-state index contributed by atoms with van der Waals surface area (Å²) in [4.78, 5) is 14.6. The molecular weight excluding hydrogens is 328 g/mol. The molecule has 108 valence electrons. The molecule has 1 amide bonds. The number of aryl methyl sites for hydroxylation is 1. The van der Waals surface area contributed by atoms with E-state index in [-0.39, 0.29) is 5.91 Å². The molecule has 0 atom stereocenters. The topological polar surface area (TPSA) is 46.3 Å². The first-order chi connectivity index (χ1) is 10.1. The van der Waals surface area contributed by atoms with Crippen LogP contribution in [-0.2, 0) is 13.0 Å². The number of nitrogens with two attached hydrogens (primary N) is 1. The third-order valence-corrected chi connectivity index (χ3v) is 4.63. The number of nitrogens with zero attached hydrogens (tertiary/aromatic N) is 1. The lowest BCUT2D eigenvalue weighted by Gasteiger charge is -2.30. The average Bonchev–Trinajstić information content (AvgIpc) is 2.49. The zero-order valence-corrected chi connectivity index (χ0v) is 13.5. The average molecular weight is 345 g/mol. The van der Waals surface area contributed by atoms with Gasteiger partial charge in [-0.3, -0.25) is 4.79 Å². The molecule has 0 aromatic heterocycles. The Morgan fingerprint density at radius 2 is 2.10 bits per heavy atom. The minimum absolute atomic E-state index is 0.0682. The van der Waals surface area contributed by atoms with E-state index in [0.29, 0.717) is 13.1 Å². The Morgan fingerprint density at radius 3 is 2.90 bits per heavy atom. The summed E-state index contributed by atoms with van der Waals surface area (Å²) < 4.78 is 0.844. The summed E-state index contributed by atoms with van der Waals surface area (Å²) >= 11 is 3.47. The van der Waals surface area contributed by atoms with E-state index in [1.165, 1.54) is 5.56 Å². The number of nitrogen functional groups attached to an aromatic ring is 1. The van der Waals surface area contributed by atoms with Crippen LogP contribution in [0.25, 0.3) is 0 Å². The monoisotopic (exact) mass is 344 g/mol. The predicted octanol–water partition coefficient (Wildman–Crippen LogP) is 3.54. The molecule has 0 saturated heterocycles. The standard InChI is InChI=1S/C17H17BrN2O/c1-11-5-6-15(18)14(9-11)17(21)20-8-7-13-12(10-20)3-2-4-16(13)19/h2-6,9H,7-8,10,19H2,1H3. The molecule has 0 saturated carbocycles. The maximum Gasteiger partial charge on any atom is 0.255 e. The van der Waals surface area contributed by atoms with Crippen molar-refractivity contribution >= 4 is 27.5 Å². The van der Waals surface area contributed by atoms with Crippen molar-refractivity contribution in [3.8, 4) is 0 Å². The van der Waals surface area contributed by atoms with Crippen molar-refractivity contribution in [2.24, 2.45) is 0 Å². The fourth-order valence-corrected chi connectivity index (χ4v) is 3.20. The third kappa shape index (κ3) is 2.68. The summed E-state index contributed by atoms with van der Waals surface area (Å²) in [7, 11) is 0. The van der Waals surface area contributed by atoms with E-state index in [0.717, 1.165) is 33.3 Å². The van der Waals surface area contributed by atoms with Crippen molar-refractivity contribution in [3.05, 3.63) is 63.1 Å². The number of carbonyl (C=O) groups excluding carboxylic acids is 1. The van der Waals surface area contributed by atoms with Gasteiger partial charge in [-0.2, -0.15) is 0 Å². The van der Waals surface area contributed by atoms with Gasteiger partial charge in [0.25, 0.3) is 5.91 Å². The van der Waals surface area contributed by atoms with Crippen LogP contribution in [-0.4, -0.2) is 17.4 Å². The molecule has 0 fully saturated rings. The molecule has 3 rings (SSSR count). The first-order valence-electron chi connectivity index (χ1n) is 6.98. The molecule has 4 heteroatoms. The normalized spacial score (nSPS) is 13.9. The summed E-state index contributed by atoms with van der Waals surface area (Å²) in [6.07, 6.45) is 0.817. The Bertz CT molecular complexity index is 712. The number of halogens is 1. The molecule has 2 N–H and O–H groups in total. The molecule has 0 unspecified atom stereocenters. The molecule has 3 nitrogen and oxygen atoms in total. The highest BCUT2D eigenvalue weighted by molar-refractivity contribution is 9.10. The van der Waals surface area contributed by atoms with Crippen molar-refractivity contribution in [2.75, 3.05) is 12.3 Å². The smallest absolute Gasteiger partial charge is 0.255 e. The van der Waals surface area contributed by atoms with Crippen LogP contribution in [0.1, 0.15) is 27.0 Å². The van der Waals surface area contributed by atoms with Crippen molar-refractivity contribution in [1.29, 1.82) is 0 Å². The van der Waals surface area contributed by atoms with Gasteiger partial charge in [-0.15, -0.1) is 0 Å². The van der Waals surface area contributed by atoms with E-state index < -0.39 is 0 Å². The molecule has 21 heavy (non-hydrogen) atoms. The lowest BCUT2D eigenvalue weighted by atomic mass is 9.97. The number of fused-ring (bicyclic) bond motifs is 1. The molecular formula is C17H17BrN2O. The number of carbonyl (C=O) groups is 1. The molecule has 2 aromatic carbocycles. The summed E-state index contributed by atoms with van der Waals surface area (Å²) in [6.45, 7) is 3.33. The van der Waals surface area contributed by atoms with E-state index in [9.17, 15) is 4.79 Å². The molecule has 1 aliphatic heterocycles. The number of amides is 1. The zero-order valence-electron chi connectivity index (χ0n) is 11.9. The number of hydrogen-bond acceptors (Lipinski definition) is 2. The van der Waals surface area contributed by atoms with E-state index in [1.807, 2.05) is 42.2 Å². The van der Waals surface area contributed by atoms with Gasteiger partial charge < -0.3 is 10.6 Å². The van der Waals surface area contributed by atoms with Crippen LogP contribution in [0.2, 0.25) is 0 Å². The predicted molar refractivity (Wildman–Crippen MR) is 88.2 cm³/mol. The molecule has 0 bridgehead atoms. The van der Waals surface area contributed by atoms with Crippen LogP contribution in [0.5, 0.6) is 0 Å². The largest absolute Gasteiger partial charge is 0.398 e. The first-order valence-corrected chi connectivity index (χ1v) is 7.77. The maximum absolute atomic E-state index is 12.7. The summed E-state index contributed by atoms with van der Waals surface area (Å²) in [5.41, 5.74) is 11.0. The quantitative estimate of drug-likeness (QED) is 0.804. The van der Waals surface area contributed by atoms with Gasteiger partial charge in [0, 0.05) is 23.2 Å². The van der Waals surface area contributed by atoms with Gasteiger partial charge in [-0.05, 0) is 58.6 Å². The molecule has 1 heterocycles. The van der Waals surface area contributed by atoms with Crippen LogP contribution in [0.4, 0.5) is 5.69 Å². The highest BCUT2D eigenvalue weighted by atomic mass is 79.9. The summed E-state index contributed by atoms with van der Waals surface area (Å²) in [5.74, 6) is 0.0682. The zero-order chi connectivity index (χ0) is 15.0. The van der Waals surface area contributed by atoms with Crippen LogP contribution in [0.15, 0.2) is 40.9 Å². The fourth-order valence-electron chi connectivity index (χ4n) is 2.79. The van der Waals surface area contributed by atoms with Gasteiger partial charge in [-0.1, -0.05) is 23.8 Å². The third-order valence-electron chi connectivity index (χ3n) is 3.94. The van der Waals surface area contributed by atoms with Gasteiger partial charge in [0.05, 0.1) is 5.56 Å². The van der Waals surface area contributed by atoms with Gasteiger partial charge >= 0.3 is 0 Å². The van der Waals surface area contributed by atoms with Crippen molar-refractivity contribution in [3.63, 3.8) is 0 Å². The Hall–Kier alpha value is -1.81. The SMILES string of the molecule is Cc1ccc(Br)c(C(=O)N2CCc3c(N)cccc3C2)c1. The molecule has 0 radical (unpaired) electrons. The van der Waals surface area contributed by atoms with Crippen molar-refractivity contribution < 1.29 is 4.79 Å². The second-order valence-electron chi connectivity index (χ2n) is 5.44. The lowest BCUT2D eigenvalue weighted by molar-refractivity contribution is 0.0734. The molecule has 1 aliphatic rings. The van der Waals surface area contributed by atoms with Gasteiger partial charge in [0.1, 0.15) is 0 Å². The highest BCUT2D eigenvalue weighted by Crippen LogP contribution is 2.27. The van der Waals surface area contributed by atoms with Crippen LogP contribution in [0.3, 0.4) is 0 Å². The van der Waals surface area contributed by atoms with Gasteiger partial charge in [0.2, 0.25) is 0 Å². The molecule has 0 aliphatic carbocycles. The van der Waals surface area contributed by atoms with E-state index >= 15 is 0 Å². The Kier molecular flexibility index (Phi) is 3.72. The molecule has 0 spiro atoms. The second-order valence-corrected chi connectivity index (χ2v) is 6.30. The summed E-state index contributed by atoms with van der Waals surface area (Å²) in [6, 6.07) is 11.8. The Labute approximate surface area is 132 Å². The number of anilines is 1. The number of hydrogen-bond donors (Lipinski definition) is 1. The van der Waals surface area contributed by atoms with E-state index in [2.05, 4.69) is 22.0 Å². The summed E-state index contributed by atoms with van der Waals surface area (Å²) in [5, 5.41) is 0. The number of rotatable bonds is 1. The Balaban J connectivity index is 1.89. The van der Waals surface area contributed by atoms with E-state index in [4.69, 9.17) is 5.73 Å². The van der Waals surface area contributed by atoms with E-state index in [1.54, 1.807) is 0 Å². The molecule has 2 aromatic rings. The first kappa shape index (κ1) is 14.1. The number of benzene rings is 2. The lowest BCUT2D eigenvalue weighted by Crippen LogP contribution is -2.36. The van der Waals surface area contributed by atoms with Gasteiger partial charge in [0.15, 0.2) is 0 Å². The fraction of sp³-hybridized carbons (Fsp3) is 0.235. The highest BCUT2D eigenvalue weighted by Gasteiger charge is 2.24. The van der Waals surface area contributed by atoms with Crippen LogP contribution >= 0.6 is 15.9 Å². The van der Waals surface area contributed by atoms with Crippen molar-refractivity contribution in [2.45, 2.75) is 19.9 Å². The minimum atomic E-state index is 0.0682. The second kappa shape index (κ2) is 5.53. The van der Waals surface area contributed by atoms with Crippen molar-refractivity contribution in [1.82, 2.24) is 4.90 Å². The minimum Gasteiger partial charge on any atom is -0.398 e. The Morgan fingerprint density at radius 1 is 1.29 bits per heavy atom. The van der Waals surface area contributed by atoms with Crippen LogP contribution in [0, 0.1) is 6.92 Å². The maximum atomic E-state index is 12.7. The van der Waals surface area contributed by atoms with Crippen LogP contribution < -0.4 is 5.73 Å².